The summed E-state index contributed by atoms with van der Waals surface area (Å²) in [5.41, 5.74) is 1.94. The number of fused-ring (bicyclic) bond motifs is 1. The van der Waals surface area contributed by atoms with E-state index in [9.17, 15) is 4.79 Å². The van der Waals surface area contributed by atoms with E-state index in [-0.39, 0.29) is 5.56 Å². The van der Waals surface area contributed by atoms with E-state index in [2.05, 4.69) is 11.1 Å². The number of nitrogens with zero attached hydrogens (tertiary/aromatic N) is 1. The maximum atomic E-state index is 11.3. The molecule has 0 saturated heterocycles. The number of hydrogen-bond acceptors (Lipinski definition) is 2. The van der Waals surface area contributed by atoms with Crippen molar-refractivity contribution in [3.8, 4) is 6.07 Å². The molecule has 0 unspecified atom stereocenters. The van der Waals surface area contributed by atoms with Crippen LogP contribution >= 0.6 is 0 Å². The summed E-state index contributed by atoms with van der Waals surface area (Å²) in [6.07, 6.45) is 0. The van der Waals surface area contributed by atoms with Crippen molar-refractivity contribution in [3.05, 3.63) is 45.7 Å². The first-order chi connectivity index (χ1) is 6.70. The fourth-order valence-electron chi connectivity index (χ4n) is 1.39. The van der Waals surface area contributed by atoms with Gasteiger partial charge in [-0.15, -0.1) is 0 Å². The van der Waals surface area contributed by atoms with Gasteiger partial charge >= 0.3 is 0 Å². The molecule has 0 amide bonds. The Kier molecular flexibility index (Phi) is 1.83. The van der Waals surface area contributed by atoms with Crippen LogP contribution in [-0.2, 0) is 0 Å². The predicted octanol–water partition coefficient (Wildman–Crippen LogP) is 1.71. The molecule has 3 nitrogen and oxygen atoms in total. The Morgan fingerprint density at radius 2 is 2.14 bits per heavy atom. The van der Waals surface area contributed by atoms with Crippen LogP contribution in [-0.4, -0.2) is 4.98 Å². The van der Waals surface area contributed by atoms with Gasteiger partial charge in [0.25, 0.3) is 5.56 Å². The summed E-state index contributed by atoms with van der Waals surface area (Å²) < 4.78 is 0. The van der Waals surface area contributed by atoms with Crippen LogP contribution in [0.2, 0.25) is 0 Å². The topological polar surface area (TPSA) is 56.6 Å². The Bertz CT molecular complexity index is 590. The molecular formula is C11H8N2O. The van der Waals surface area contributed by atoms with Gasteiger partial charge in [-0.25, -0.2) is 0 Å². The summed E-state index contributed by atoms with van der Waals surface area (Å²) in [6.45, 7) is 1.75. The molecule has 1 heterocycles. The van der Waals surface area contributed by atoms with E-state index in [0.29, 0.717) is 11.1 Å². The monoisotopic (exact) mass is 184 g/mol. The van der Waals surface area contributed by atoms with Crippen molar-refractivity contribution >= 4 is 10.9 Å². The predicted molar refractivity (Wildman–Crippen MR) is 54.0 cm³/mol. The maximum Gasteiger partial charge on any atom is 0.251 e. The molecule has 3 heteroatoms. The first-order valence-electron chi connectivity index (χ1n) is 4.24. The average molecular weight is 184 g/mol. The van der Waals surface area contributed by atoms with Gasteiger partial charge in [0.1, 0.15) is 0 Å². The minimum absolute atomic E-state index is 0.0813. The quantitative estimate of drug-likeness (QED) is 0.677. The number of nitrogens with one attached hydrogen (secondary N) is 1. The number of H-pyrrole nitrogens is 1. The zero-order chi connectivity index (χ0) is 10.1. The molecule has 0 aliphatic heterocycles. The van der Waals surface area contributed by atoms with Crippen molar-refractivity contribution in [2.75, 3.05) is 0 Å². The van der Waals surface area contributed by atoms with Crippen LogP contribution in [0, 0.1) is 18.3 Å². The normalized spacial score (nSPS) is 10.0. The smallest absolute Gasteiger partial charge is 0.251 e. The van der Waals surface area contributed by atoms with Crippen molar-refractivity contribution in [3.63, 3.8) is 0 Å². The minimum atomic E-state index is -0.0813. The molecule has 1 N–H and O–H groups in total. The number of aromatic amines is 1. The second kappa shape index (κ2) is 3.00. The van der Waals surface area contributed by atoms with Crippen LogP contribution in [0.4, 0.5) is 0 Å². The van der Waals surface area contributed by atoms with Gasteiger partial charge in [0.2, 0.25) is 0 Å². The molecule has 0 fully saturated rings. The van der Waals surface area contributed by atoms with E-state index in [1.54, 1.807) is 31.2 Å². The largest absolute Gasteiger partial charge is 0.322 e. The molecule has 68 valence electrons. The van der Waals surface area contributed by atoms with Crippen LogP contribution in [0.3, 0.4) is 0 Å². The summed E-state index contributed by atoms with van der Waals surface area (Å²) >= 11 is 0. The molecule has 0 radical (unpaired) electrons. The Labute approximate surface area is 80.6 Å². The Hall–Kier alpha value is -2.08. The second-order valence-electron chi connectivity index (χ2n) is 3.20. The number of aryl methyl sites for hydroxylation is 1. The lowest BCUT2D eigenvalue weighted by atomic mass is 10.1. The van der Waals surface area contributed by atoms with Gasteiger partial charge in [0.05, 0.1) is 11.6 Å². The molecule has 0 saturated carbocycles. The van der Waals surface area contributed by atoms with Crippen LogP contribution < -0.4 is 5.56 Å². The molecule has 0 spiro atoms. The van der Waals surface area contributed by atoms with Gasteiger partial charge in [0.15, 0.2) is 0 Å². The fraction of sp³-hybridized carbons (Fsp3) is 0.0909. The molecule has 14 heavy (non-hydrogen) atoms. The van der Waals surface area contributed by atoms with Crippen molar-refractivity contribution < 1.29 is 0 Å². The van der Waals surface area contributed by atoms with Gasteiger partial charge in [-0.1, -0.05) is 0 Å². The third-order valence-corrected chi connectivity index (χ3v) is 2.16. The Morgan fingerprint density at radius 1 is 1.36 bits per heavy atom. The zero-order valence-corrected chi connectivity index (χ0v) is 7.66. The summed E-state index contributed by atoms with van der Waals surface area (Å²) in [4.78, 5) is 14.0. The maximum absolute atomic E-state index is 11.3. The lowest BCUT2D eigenvalue weighted by Crippen LogP contribution is -2.08. The van der Waals surface area contributed by atoms with Gasteiger partial charge in [-0.3, -0.25) is 4.79 Å². The lowest BCUT2D eigenvalue weighted by Gasteiger charge is -1.98. The number of rotatable bonds is 0. The fourth-order valence-corrected chi connectivity index (χ4v) is 1.39. The Balaban J connectivity index is 2.85. The number of benzene rings is 1. The summed E-state index contributed by atoms with van der Waals surface area (Å²) in [5.74, 6) is 0. The number of aromatic nitrogens is 1. The van der Waals surface area contributed by atoms with E-state index < -0.39 is 0 Å². The Morgan fingerprint density at radius 3 is 2.86 bits per heavy atom. The van der Waals surface area contributed by atoms with E-state index in [1.807, 2.05) is 0 Å². The standard InChI is InChI=1S/C11H8N2O/c1-7-4-9-5-8(6-12)2-3-10(9)13-11(7)14/h2-5H,1H3,(H,13,14). The van der Waals surface area contributed by atoms with Crippen molar-refractivity contribution in [2.24, 2.45) is 0 Å². The summed E-state index contributed by atoms with van der Waals surface area (Å²) in [5, 5.41) is 9.59. The number of pyridine rings is 1. The third-order valence-electron chi connectivity index (χ3n) is 2.16. The molecule has 0 atom stereocenters. The average Bonchev–Trinajstić information content (AvgIpc) is 2.19. The molecule has 0 aliphatic rings. The first-order valence-corrected chi connectivity index (χ1v) is 4.24. The van der Waals surface area contributed by atoms with Crippen molar-refractivity contribution in [2.45, 2.75) is 6.92 Å². The molecular weight excluding hydrogens is 176 g/mol. The van der Waals surface area contributed by atoms with E-state index in [1.165, 1.54) is 0 Å². The molecule has 0 aliphatic carbocycles. The van der Waals surface area contributed by atoms with Gasteiger partial charge in [0, 0.05) is 11.1 Å². The SMILES string of the molecule is Cc1cc2cc(C#N)ccc2[nH]c1=O. The molecule has 2 aromatic rings. The highest BCUT2D eigenvalue weighted by Gasteiger charge is 1.99. The van der Waals surface area contributed by atoms with E-state index in [4.69, 9.17) is 5.26 Å². The number of nitriles is 1. The zero-order valence-electron chi connectivity index (χ0n) is 7.66. The van der Waals surface area contributed by atoms with Gasteiger partial charge in [-0.05, 0) is 36.6 Å². The van der Waals surface area contributed by atoms with Crippen molar-refractivity contribution in [1.29, 1.82) is 5.26 Å². The van der Waals surface area contributed by atoms with Crippen LogP contribution in [0.5, 0.6) is 0 Å². The van der Waals surface area contributed by atoms with Crippen LogP contribution in [0.15, 0.2) is 29.1 Å². The lowest BCUT2D eigenvalue weighted by molar-refractivity contribution is 1.23. The first kappa shape index (κ1) is 8.52. The van der Waals surface area contributed by atoms with Crippen molar-refractivity contribution in [1.82, 2.24) is 4.98 Å². The van der Waals surface area contributed by atoms with E-state index in [0.717, 1.165) is 10.9 Å². The third kappa shape index (κ3) is 1.27. The van der Waals surface area contributed by atoms with E-state index >= 15 is 0 Å². The molecule has 0 bridgehead atoms. The molecule has 2 rings (SSSR count). The summed E-state index contributed by atoms with van der Waals surface area (Å²) in [6, 6.07) is 9.04. The summed E-state index contributed by atoms with van der Waals surface area (Å²) in [7, 11) is 0. The van der Waals surface area contributed by atoms with Crippen LogP contribution in [0.1, 0.15) is 11.1 Å². The molecule has 1 aromatic carbocycles. The van der Waals surface area contributed by atoms with Crippen LogP contribution in [0.25, 0.3) is 10.9 Å². The minimum Gasteiger partial charge on any atom is -0.322 e. The molecule has 1 aromatic heterocycles. The number of hydrogen-bond donors (Lipinski definition) is 1. The highest BCUT2D eigenvalue weighted by atomic mass is 16.1. The van der Waals surface area contributed by atoms with Gasteiger partial charge < -0.3 is 4.98 Å². The highest BCUT2D eigenvalue weighted by Crippen LogP contribution is 2.12. The highest BCUT2D eigenvalue weighted by molar-refractivity contribution is 5.80. The van der Waals surface area contributed by atoms with Gasteiger partial charge in [-0.2, -0.15) is 5.26 Å². The second-order valence-corrected chi connectivity index (χ2v) is 3.20.